The minimum atomic E-state index is -0.375. The lowest BCUT2D eigenvalue weighted by Gasteiger charge is -2.20. The molecule has 1 N–H and O–H groups in total. The molecule has 132 valence electrons. The summed E-state index contributed by atoms with van der Waals surface area (Å²) in [5.41, 5.74) is 0.540. The van der Waals surface area contributed by atoms with Crippen molar-refractivity contribution in [2.45, 2.75) is 0 Å². The normalized spacial score (nSPS) is 12.6. The van der Waals surface area contributed by atoms with E-state index in [1.165, 1.54) is 12.1 Å². The second kappa shape index (κ2) is 7.91. The van der Waals surface area contributed by atoms with Crippen molar-refractivity contribution in [3.8, 4) is 17.2 Å². The van der Waals surface area contributed by atoms with Gasteiger partial charge in [-0.15, -0.1) is 0 Å². The molecule has 0 fully saturated rings. The van der Waals surface area contributed by atoms with Crippen LogP contribution in [0.4, 0.5) is 5.69 Å². The molecule has 5 nitrogen and oxygen atoms in total. The lowest BCUT2D eigenvalue weighted by atomic mass is 10.2. The summed E-state index contributed by atoms with van der Waals surface area (Å²) in [5.74, 6) is 1.08. The molecular formula is C16H11BrCl3NO4. The number of fused-ring (bicyclic) bond motifs is 1. The molecule has 0 saturated heterocycles. The highest BCUT2D eigenvalue weighted by Gasteiger charge is 2.17. The van der Waals surface area contributed by atoms with Crippen LogP contribution in [0.1, 0.15) is 0 Å². The monoisotopic (exact) mass is 465 g/mol. The zero-order chi connectivity index (χ0) is 18.0. The Balaban J connectivity index is 1.66. The predicted molar refractivity (Wildman–Crippen MR) is 101 cm³/mol. The highest BCUT2D eigenvalue weighted by Crippen LogP contribution is 2.38. The van der Waals surface area contributed by atoms with Gasteiger partial charge < -0.3 is 19.5 Å². The number of ether oxygens (including phenoxy) is 3. The van der Waals surface area contributed by atoms with Gasteiger partial charge in [0.15, 0.2) is 18.1 Å². The molecule has 1 amide bonds. The van der Waals surface area contributed by atoms with Gasteiger partial charge in [-0.1, -0.05) is 34.8 Å². The van der Waals surface area contributed by atoms with E-state index >= 15 is 0 Å². The van der Waals surface area contributed by atoms with Crippen LogP contribution in [0, 0.1) is 0 Å². The standard InChI is InChI=1S/C16H11BrCl3NO4/c17-8-3-14-15(24-2-1-23-14)6-12(8)21-16(22)7-25-13-5-10(19)9(18)4-11(13)20/h3-6H,1-2,7H2,(H,21,22). The smallest absolute Gasteiger partial charge is 0.262 e. The van der Waals surface area contributed by atoms with E-state index in [9.17, 15) is 4.79 Å². The minimum Gasteiger partial charge on any atom is -0.486 e. The van der Waals surface area contributed by atoms with E-state index in [1.807, 2.05) is 0 Å². The van der Waals surface area contributed by atoms with E-state index in [4.69, 9.17) is 49.0 Å². The van der Waals surface area contributed by atoms with Gasteiger partial charge in [-0.2, -0.15) is 0 Å². The van der Waals surface area contributed by atoms with Gasteiger partial charge in [0.05, 0.1) is 20.8 Å². The van der Waals surface area contributed by atoms with Crippen LogP contribution in [0.3, 0.4) is 0 Å². The van der Waals surface area contributed by atoms with Crippen LogP contribution in [-0.2, 0) is 4.79 Å². The van der Waals surface area contributed by atoms with Crippen LogP contribution < -0.4 is 19.5 Å². The Bertz CT molecular complexity index is 832. The molecule has 0 radical (unpaired) electrons. The number of nitrogens with one attached hydrogen (secondary N) is 1. The minimum absolute atomic E-state index is 0.251. The number of halogens is 4. The number of hydrogen-bond acceptors (Lipinski definition) is 4. The molecule has 1 heterocycles. The fraction of sp³-hybridized carbons (Fsp3) is 0.188. The molecule has 9 heteroatoms. The van der Waals surface area contributed by atoms with Gasteiger partial charge in [-0.25, -0.2) is 0 Å². The summed E-state index contributed by atoms with van der Waals surface area (Å²) in [5, 5.41) is 3.59. The van der Waals surface area contributed by atoms with E-state index in [2.05, 4.69) is 21.2 Å². The SMILES string of the molecule is O=C(COc1cc(Cl)c(Cl)cc1Cl)Nc1cc2c(cc1Br)OCCO2. The van der Waals surface area contributed by atoms with Crippen molar-refractivity contribution < 1.29 is 19.0 Å². The van der Waals surface area contributed by atoms with Crippen LogP contribution in [-0.4, -0.2) is 25.7 Å². The fourth-order valence-electron chi connectivity index (χ4n) is 2.10. The first kappa shape index (κ1) is 18.5. The summed E-state index contributed by atoms with van der Waals surface area (Å²) < 4.78 is 17.0. The molecule has 0 aromatic heterocycles. The van der Waals surface area contributed by atoms with E-state index in [1.54, 1.807) is 12.1 Å². The van der Waals surface area contributed by atoms with Gasteiger partial charge in [0.1, 0.15) is 19.0 Å². The van der Waals surface area contributed by atoms with Crippen molar-refractivity contribution in [1.82, 2.24) is 0 Å². The van der Waals surface area contributed by atoms with Crippen LogP contribution in [0.25, 0.3) is 0 Å². The van der Waals surface area contributed by atoms with E-state index < -0.39 is 0 Å². The average Bonchev–Trinajstić information content (AvgIpc) is 2.57. The highest BCUT2D eigenvalue weighted by atomic mass is 79.9. The Morgan fingerprint density at radius 1 is 1.04 bits per heavy atom. The number of rotatable bonds is 4. The van der Waals surface area contributed by atoms with Gasteiger partial charge in [0, 0.05) is 22.7 Å². The number of anilines is 1. The summed E-state index contributed by atoms with van der Waals surface area (Å²) in [7, 11) is 0. The van der Waals surface area contributed by atoms with E-state index in [-0.39, 0.29) is 28.3 Å². The van der Waals surface area contributed by atoms with Gasteiger partial charge in [-0.3, -0.25) is 4.79 Å². The molecule has 25 heavy (non-hydrogen) atoms. The Morgan fingerprint density at radius 3 is 2.40 bits per heavy atom. The van der Waals surface area contributed by atoms with Crippen molar-refractivity contribution in [2.24, 2.45) is 0 Å². The first-order valence-electron chi connectivity index (χ1n) is 7.10. The first-order valence-corrected chi connectivity index (χ1v) is 9.03. The van der Waals surface area contributed by atoms with Crippen LogP contribution >= 0.6 is 50.7 Å². The number of carbonyl (C=O) groups is 1. The zero-order valence-electron chi connectivity index (χ0n) is 12.6. The summed E-state index contributed by atoms with van der Waals surface area (Å²) >= 11 is 21.2. The largest absolute Gasteiger partial charge is 0.486 e. The third-order valence-corrected chi connectivity index (χ3v) is 4.91. The average molecular weight is 468 g/mol. The van der Waals surface area contributed by atoms with Crippen molar-refractivity contribution in [3.63, 3.8) is 0 Å². The Labute approximate surface area is 167 Å². The third-order valence-electron chi connectivity index (χ3n) is 3.24. The second-order valence-electron chi connectivity index (χ2n) is 5.01. The predicted octanol–water partition coefficient (Wildman–Crippen LogP) is 5.20. The van der Waals surface area contributed by atoms with E-state index in [0.717, 1.165) is 0 Å². The van der Waals surface area contributed by atoms with Crippen molar-refractivity contribution in [1.29, 1.82) is 0 Å². The molecule has 0 spiro atoms. The topological polar surface area (TPSA) is 56.8 Å². The number of amides is 1. The first-order chi connectivity index (χ1) is 11.9. The van der Waals surface area contributed by atoms with Gasteiger partial charge in [0.25, 0.3) is 5.91 Å². The van der Waals surface area contributed by atoms with Crippen molar-refractivity contribution in [3.05, 3.63) is 43.8 Å². The molecule has 1 aliphatic rings. The summed E-state index contributed by atoms with van der Waals surface area (Å²) in [6.07, 6.45) is 0. The molecule has 0 aliphatic carbocycles. The van der Waals surface area contributed by atoms with Crippen LogP contribution in [0.15, 0.2) is 28.7 Å². The maximum atomic E-state index is 12.1. The van der Waals surface area contributed by atoms with Crippen LogP contribution in [0.2, 0.25) is 15.1 Å². The summed E-state index contributed by atoms with van der Waals surface area (Å²) in [4.78, 5) is 12.1. The molecule has 0 atom stereocenters. The van der Waals surface area contributed by atoms with Gasteiger partial charge in [0.2, 0.25) is 0 Å². The molecular weight excluding hydrogens is 456 g/mol. The maximum Gasteiger partial charge on any atom is 0.262 e. The quantitative estimate of drug-likeness (QED) is 0.628. The zero-order valence-corrected chi connectivity index (χ0v) is 16.4. The Kier molecular flexibility index (Phi) is 5.84. The molecule has 1 aliphatic heterocycles. The maximum absolute atomic E-state index is 12.1. The van der Waals surface area contributed by atoms with Crippen molar-refractivity contribution >= 4 is 62.3 Å². The Hall–Kier alpha value is -1.34. The molecule has 2 aromatic rings. The molecule has 3 rings (SSSR count). The molecule has 2 aromatic carbocycles. The highest BCUT2D eigenvalue weighted by molar-refractivity contribution is 9.10. The molecule has 0 saturated carbocycles. The fourth-order valence-corrected chi connectivity index (χ4v) is 3.12. The van der Waals surface area contributed by atoms with Gasteiger partial charge >= 0.3 is 0 Å². The number of carbonyl (C=O) groups excluding carboxylic acids is 1. The van der Waals surface area contributed by atoms with Crippen molar-refractivity contribution in [2.75, 3.05) is 25.1 Å². The summed E-state index contributed by atoms with van der Waals surface area (Å²) in [6.45, 7) is 0.697. The lowest BCUT2D eigenvalue weighted by Crippen LogP contribution is -2.21. The second-order valence-corrected chi connectivity index (χ2v) is 7.09. The number of hydrogen-bond donors (Lipinski definition) is 1. The number of benzene rings is 2. The van der Waals surface area contributed by atoms with Crippen LogP contribution in [0.5, 0.6) is 17.2 Å². The lowest BCUT2D eigenvalue weighted by molar-refractivity contribution is -0.118. The third kappa shape index (κ3) is 4.44. The Morgan fingerprint density at radius 2 is 1.68 bits per heavy atom. The van der Waals surface area contributed by atoms with E-state index in [0.29, 0.717) is 39.9 Å². The molecule has 0 unspecified atom stereocenters. The van der Waals surface area contributed by atoms with Gasteiger partial charge in [-0.05, 0) is 22.0 Å². The summed E-state index contributed by atoms with van der Waals surface area (Å²) in [6, 6.07) is 6.33. The molecule has 0 bridgehead atoms.